The number of piperidine rings is 6. The molecule has 8 aliphatic rings. The average Bonchev–Trinajstić information content (AvgIpc) is 3.37. The maximum Gasteiger partial charge on any atom is 0.223 e. The van der Waals surface area contributed by atoms with Crippen molar-refractivity contribution in [3.05, 3.63) is 130 Å². The molecule has 8 aliphatic heterocycles. The van der Waals surface area contributed by atoms with E-state index in [0.29, 0.717) is 36.8 Å². The number of carbonyl (C=O) groups is 2. The van der Waals surface area contributed by atoms with Crippen molar-refractivity contribution in [2.24, 2.45) is 10.8 Å². The Morgan fingerprint density at radius 3 is 1.26 bits per heavy atom. The molecule has 8 heterocycles. The minimum atomic E-state index is -0.270. The van der Waals surface area contributed by atoms with Gasteiger partial charge in [0.25, 0.3) is 0 Å². The van der Waals surface area contributed by atoms with Crippen LogP contribution in [0, 0.1) is 47.2 Å². The largest absolute Gasteiger partial charge is 0.481 e. The fraction of sp³-hybridized carbons (Fsp3) is 0.464. The number of nitrogens with zero attached hydrogens (tertiary/aromatic N) is 4. The van der Waals surface area contributed by atoms with E-state index in [-0.39, 0.29) is 48.7 Å². The third-order valence-electron chi connectivity index (χ3n) is 15.8. The van der Waals surface area contributed by atoms with Gasteiger partial charge in [-0.05, 0) is 196 Å². The van der Waals surface area contributed by atoms with Crippen LogP contribution in [0.5, 0.6) is 11.5 Å². The smallest absolute Gasteiger partial charge is 0.223 e. The van der Waals surface area contributed by atoms with Gasteiger partial charge in [-0.3, -0.25) is 9.59 Å². The lowest BCUT2D eigenvalue weighted by Gasteiger charge is -2.49. The third-order valence-corrected chi connectivity index (χ3v) is 15.8. The Bertz CT molecular complexity index is 2240. The maximum absolute atomic E-state index is 13.7. The first kappa shape index (κ1) is 45.5. The summed E-state index contributed by atoms with van der Waals surface area (Å²) < 4.78 is 38.6. The third kappa shape index (κ3) is 10.0. The summed E-state index contributed by atoms with van der Waals surface area (Å²) >= 11 is 0. The summed E-state index contributed by atoms with van der Waals surface area (Å²) in [6.07, 6.45) is 22.6. The van der Waals surface area contributed by atoms with Crippen LogP contribution in [0.25, 0.3) is 0 Å². The van der Waals surface area contributed by atoms with E-state index in [1.165, 1.54) is 102 Å². The molecule has 0 N–H and O–H groups in total. The number of amides is 2. The normalized spacial score (nSPS) is 25.9. The minimum Gasteiger partial charge on any atom is -0.481 e. The van der Waals surface area contributed by atoms with E-state index < -0.39 is 0 Å². The zero-order chi connectivity index (χ0) is 45.7. The lowest BCUT2D eigenvalue weighted by atomic mass is 9.69. The highest BCUT2D eigenvalue weighted by Crippen LogP contribution is 2.46. The second kappa shape index (κ2) is 20.0. The second-order valence-corrected chi connectivity index (χ2v) is 19.5. The van der Waals surface area contributed by atoms with Crippen molar-refractivity contribution in [2.75, 3.05) is 65.6 Å². The predicted molar refractivity (Wildman–Crippen MR) is 253 cm³/mol. The molecule has 0 saturated carbocycles. The summed E-state index contributed by atoms with van der Waals surface area (Å²) in [7, 11) is 0. The molecule has 0 unspecified atom stereocenters. The highest BCUT2D eigenvalue weighted by atomic mass is 19.1. The van der Waals surface area contributed by atoms with Crippen molar-refractivity contribution >= 4 is 11.8 Å². The highest BCUT2D eigenvalue weighted by Gasteiger charge is 2.42. The van der Waals surface area contributed by atoms with Gasteiger partial charge in [0.2, 0.25) is 11.8 Å². The van der Waals surface area contributed by atoms with Crippen LogP contribution in [0.15, 0.2) is 84.9 Å². The first-order valence-electron chi connectivity index (χ1n) is 24.1. The molecule has 0 spiro atoms. The van der Waals surface area contributed by atoms with E-state index in [2.05, 4.69) is 21.6 Å². The van der Waals surface area contributed by atoms with Crippen LogP contribution in [0.3, 0.4) is 0 Å². The van der Waals surface area contributed by atoms with Gasteiger partial charge < -0.3 is 29.1 Å². The van der Waals surface area contributed by atoms with Crippen molar-refractivity contribution in [1.29, 1.82) is 0 Å². The van der Waals surface area contributed by atoms with E-state index >= 15 is 0 Å². The van der Waals surface area contributed by atoms with Gasteiger partial charge in [-0.2, -0.15) is 0 Å². The quantitative estimate of drug-likeness (QED) is 0.132. The van der Waals surface area contributed by atoms with Gasteiger partial charge in [-0.1, -0.05) is 48.2 Å². The van der Waals surface area contributed by atoms with Crippen LogP contribution in [0.4, 0.5) is 8.78 Å². The molecule has 6 fully saturated rings. The lowest BCUT2D eigenvalue weighted by molar-refractivity contribution is -0.135. The monoisotopic (exact) mass is 892 g/mol. The number of terminal acetylenes is 2. The molecule has 12 rings (SSSR count). The maximum atomic E-state index is 13.7. The summed E-state index contributed by atoms with van der Waals surface area (Å²) in [6.45, 7) is 8.79. The first-order valence-corrected chi connectivity index (χ1v) is 24.1. The van der Waals surface area contributed by atoms with Crippen molar-refractivity contribution in [1.82, 2.24) is 19.6 Å². The Morgan fingerprint density at radius 2 is 0.909 bits per heavy atom. The zero-order valence-electron chi connectivity index (χ0n) is 38.1. The molecule has 344 valence electrons. The number of fused-ring (bicyclic) bond motifs is 8. The van der Waals surface area contributed by atoms with Crippen LogP contribution in [0.1, 0.15) is 110 Å². The predicted octanol–water partition coefficient (Wildman–Crippen LogP) is 9.16. The number of hydrogen-bond acceptors (Lipinski definition) is 6. The number of benzene rings is 4. The number of hydrogen-bond donors (Lipinski definition) is 0. The van der Waals surface area contributed by atoms with Crippen LogP contribution >= 0.6 is 0 Å². The Labute approximate surface area is 389 Å². The Hall–Kier alpha value is -5.68. The highest BCUT2D eigenvalue weighted by molar-refractivity contribution is 5.78. The van der Waals surface area contributed by atoms with Crippen LogP contribution in [0.2, 0.25) is 0 Å². The van der Waals surface area contributed by atoms with Crippen LogP contribution in [-0.4, -0.2) is 97.0 Å². The van der Waals surface area contributed by atoms with Gasteiger partial charge in [-0.15, -0.1) is 12.8 Å². The van der Waals surface area contributed by atoms with Crippen molar-refractivity contribution < 1.29 is 27.8 Å². The molecule has 6 saturated heterocycles. The summed E-state index contributed by atoms with van der Waals surface area (Å²) in [4.78, 5) is 36.2. The van der Waals surface area contributed by atoms with Crippen molar-refractivity contribution in [3.63, 3.8) is 0 Å². The molecule has 4 bridgehead atoms. The molecule has 0 aliphatic carbocycles. The fourth-order valence-electron chi connectivity index (χ4n) is 11.8. The summed E-state index contributed by atoms with van der Waals surface area (Å²) in [6, 6.07) is 24.6. The lowest BCUT2D eigenvalue weighted by Crippen LogP contribution is -2.48. The van der Waals surface area contributed by atoms with Gasteiger partial charge >= 0.3 is 0 Å². The Morgan fingerprint density at radius 1 is 0.545 bits per heavy atom. The summed E-state index contributed by atoms with van der Waals surface area (Å²) in [5, 5.41) is 0. The molecule has 2 atom stereocenters. The minimum absolute atomic E-state index is 0.199. The standard InChI is InChI=1S/2C28H31FN2O2/c2*1-2-19-33-24-7-8-25-22(20-24)10-15-31(27(25)21-3-5-23(29)6-4-21)26(32)9-11-28-12-16-30(17-13-28)18-14-28/h2*1,3-8,20,27H,9-19H2/t2*27-/m10/s1. The molecule has 10 heteroatoms. The molecule has 66 heavy (non-hydrogen) atoms. The molecule has 4 aromatic rings. The zero-order valence-corrected chi connectivity index (χ0v) is 38.1. The molecular weight excluding hydrogens is 831 g/mol. The fourth-order valence-corrected chi connectivity index (χ4v) is 11.8. The van der Waals surface area contributed by atoms with Gasteiger partial charge in [0, 0.05) is 25.9 Å². The molecule has 2 amide bonds. The SMILES string of the molecule is C#CCOc1ccc2c(c1)CCN(C(=O)CCC13CCN(CC1)CC3)[C@@H]2c1ccc(F)cc1.C#CCOc1ccc2c(c1)CCN(C(=O)CCC13CCN(CC1)CC3)[C@H]2c1ccc(F)cc1. The second-order valence-electron chi connectivity index (χ2n) is 19.5. The van der Waals surface area contributed by atoms with E-state index in [9.17, 15) is 18.4 Å². The van der Waals surface area contributed by atoms with E-state index in [4.69, 9.17) is 22.3 Å². The molecule has 8 nitrogen and oxygen atoms in total. The summed E-state index contributed by atoms with van der Waals surface area (Å²) in [5.41, 5.74) is 7.03. The van der Waals surface area contributed by atoms with Gasteiger partial charge in [0.15, 0.2) is 0 Å². The molecule has 0 aromatic heterocycles. The van der Waals surface area contributed by atoms with E-state index in [1.807, 2.05) is 46.2 Å². The average molecular weight is 893 g/mol. The Balaban J connectivity index is 0.000000166. The number of rotatable bonds is 12. The summed E-state index contributed by atoms with van der Waals surface area (Å²) in [5.74, 6) is 6.34. The van der Waals surface area contributed by atoms with Crippen LogP contribution in [-0.2, 0) is 22.4 Å². The topological polar surface area (TPSA) is 65.6 Å². The number of carbonyl (C=O) groups excluding carboxylic acids is 2. The number of halogens is 2. The first-order chi connectivity index (χ1) is 32.1. The van der Waals surface area contributed by atoms with Crippen LogP contribution < -0.4 is 9.47 Å². The molecule has 4 aromatic carbocycles. The number of ether oxygens (including phenoxy) is 2. The molecular formula is C56H62F2N4O4. The van der Waals surface area contributed by atoms with Gasteiger partial charge in [-0.25, -0.2) is 8.78 Å². The van der Waals surface area contributed by atoms with Crippen molar-refractivity contribution in [2.45, 2.75) is 89.1 Å². The van der Waals surface area contributed by atoms with E-state index in [0.717, 1.165) is 70.6 Å². The van der Waals surface area contributed by atoms with Gasteiger partial charge in [0.05, 0.1) is 12.1 Å². The van der Waals surface area contributed by atoms with Crippen molar-refractivity contribution in [3.8, 4) is 36.2 Å². The van der Waals surface area contributed by atoms with Gasteiger partial charge in [0.1, 0.15) is 36.3 Å². The molecule has 0 radical (unpaired) electrons. The van der Waals surface area contributed by atoms with E-state index in [1.54, 1.807) is 24.3 Å². The Kier molecular flexibility index (Phi) is 13.8.